The van der Waals surface area contributed by atoms with Crippen molar-refractivity contribution >= 4 is 22.7 Å². The van der Waals surface area contributed by atoms with Gasteiger partial charge in [0.1, 0.15) is 11.5 Å². The number of allylic oxidation sites excluding steroid dienone is 1. The molecule has 0 spiro atoms. The van der Waals surface area contributed by atoms with Gasteiger partial charge in [0.05, 0.1) is 18.5 Å². The van der Waals surface area contributed by atoms with E-state index in [2.05, 4.69) is 83.4 Å². The molecule has 1 fully saturated rings. The fourth-order valence-corrected chi connectivity index (χ4v) is 5.24. The Hall–Kier alpha value is -3.09. The molecule has 2 aromatic heterocycles. The summed E-state index contributed by atoms with van der Waals surface area (Å²) in [5.74, 6) is 0.790. The average Bonchev–Trinajstić information content (AvgIpc) is 3.50. The lowest BCUT2D eigenvalue weighted by Gasteiger charge is -2.32. The number of aliphatic imine (C=N–C) groups is 1. The van der Waals surface area contributed by atoms with Crippen molar-refractivity contribution in [1.82, 2.24) is 20.2 Å². The van der Waals surface area contributed by atoms with Gasteiger partial charge in [0.15, 0.2) is 0 Å². The van der Waals surface area contributed by atoms with Gasteiger partial charge in [-0.05, 0) is 70.1 Å². The third-order valence-corrected chi connectivity index (χ3v) is 6.98. The quantitative estimate of drug-likeness (QED) is 0.464. The summed E-state index contributed by atoms with van der Waals surface area (Å²) in [5.41, 5.74) is 8.75. The molecule has 34 heavy (non-hydrogen) atoms. The maximum Gasteiger partial charge on any atom is 0.146 e. The van der Waals surface area contributed by atoms with E-state index in [1.165, 1.54) is 29.4 Å². The van der Waals surface area contributed by atoms with Crippen LogP contribution in [0.1, 0.15) is 48.0 Å². The number of aromatic amines is 2. The molecule has 0 atom stereocenters. The zero-order valence-corrected chi connectivity index (χ0v) is 20.7. The standard InChI is InChI=1S/C28H35N5O/c1-5-29-20-10-12-33(13-11-20)17-22-21-8-6-7-9-23(21)32-28(22)26-16-27(34-4)25(31-26)15-24-18(2)14-19(3)30-24/h6-9,14-16,20,29-30,32H,5,10-13,17H2,1-4H3/b25-15-. The lowest BCUT2D eigenvalue weighted by molar-refractivity contribution is 0.192. The zero-order chi connectivity index (χ0) is 23.7. The molecular formula is C28H35N5O. The third-order valence-electron chi connectivity index (χ3n) is 6.98. The van der Waals surface area contributed by atoms with E-state index in [4.69, 9.17) is 9.73 Å². The second-order valence-corrected chi connectivity index (χ2v) is 9.42. The summed E-state index contributed by atoms with van der Waals surface area (Å²) < 4.78 is 5.73. The maximum atomic E-state index is 5.73. The minimum atomic E-state index is 0.642. The number of hydrogen-bond donors (Lipinski definition) is 3. The molecule has 0 amide bonds. The number of fused-ring (bicyclic) bond motifs is 1. The molecule has 2 aliphatic heterocycles. The van der Waals surface area contributed by atoms with Crippen molar-refractivity contribution in [2.24, 2.45) is 4.99 Å². The van der Waals surface area contributed by atoms with Gasteiger partial charge in [-0.1, -0.05) is 25.1 Å². The number of aryl methyl sites for hydroxylation is 2. The van der Waals surface area contributed by atoms with E-state index in [1.807, 2.05) is 0 Å². The van der Waals surface area contributed by atoms with Crippen LogP contribution in [-0.4, -0.2) is 53.4 Å². The Bertz CT molecular complexity index is 1270. The van der Waals surface area contributed by atoms with Crippen molar-refractivity contribution in [2.75, 3.05) is 26.7 Å². The molecule has 5 rings (SSSR count). The van der Waals surface area contributed by atoms with Crippen LogP contribution >= 0.6 is 0 Å². The first kappa shape index (κ1) is 22.7. The molecular weight excluding hydrogens is 422 g/mol. The number of methoxy groups -OCH3 is 1. The predicted octanol–water partition coefficient (Wildman–Crippen LogP) is 5.06. The summed E-state index contributed by atoms with van der Waals surface area (Å²) in [6.07, 6.45) is 6.53. The first-order valence-electron chi connectivity index (χ1n) is 12.3. The number of nitrogens with one attached hydrogen (secondary N) is 3. The molecule has 3 aromatic rings. The van der Waals surface area contributed by atoms with E-state index in [0.29, 0.717) is 6.04 Å². The highest BCUT2D eigenvalue weighted by molar-refractivity contribution is 6.14. The smallest absolute Gasteiger partial charge is 0.146 e. The molecule has 178 valence electrons. The summed E-state index contributed by atoms with van der Waals surface area (Å²) in [5, 5.41) is 4.88. The highest BCUT2D eigenvalue weighted by Gasteiger charge is 2.25. The fourth-order valence-electron chi connectivity index (χ4n) is 5.24. The molecule has 6 nitrogen and oxygen atoms in total. The van der Waals surface area contributed by atoms with Crippen LogP contribution in [0, 0.1) is 13.8 Å². The Morgan fingerprint density at radius 1 is 1.18 bits per heavy atom. The van der Waals surface area contributed by atoms with E-state index < -0.39 is 0 Å². The van der Waals surface area contributed by atoms with Crippen molar-refractivity contribution in [1.29, 1.82) is 0 Å². The lowest BCUT2D eigenvalue weighted by atomic mass is 10.0. The van der Waals surface area contributed by atoms with Gasteiger partial charge in [0.2, 0.25) is 0 Å². The highest BCUT2D eigenvalue weighted by atomic mass is 16.5. The van der Waals surface area contributed by atoms with E-state index >= 15 is 0 Å². The third kappa shape index (κ3) is 4.48. The largest absolute Gasteiger partial charge is 0.494 e. The SMILES string of the molecule is CCNC1CCN(Cc2c(C3=N/C(=C\c4[nH]c(C)cc4C)C(OC)=C3)[nH]c3ccccc23)CC1. The van der Waals surface area contributed by atoms with Gasteiger partial charge in [-0.15, -0.1) is 0 Å². The average molecular weight is 458 g/mol. The number of likely N-dealkylation sites (tertiary alicyclic amines) is 1. The predicted molar refractivity (Wildman–Crippen MR) is 140 cm³/mol. The molecule has 1 saturated heterocycles. The molecule has 6 heteroatoms. The van der Waals surface area contributed by atoms with Gasteiger partial charge in [0.25, 0.3) is 0 Å². The summed E-state index contributed by atoms with van der Waals surface area (Å²) in [6, 6.07) is 11.4. The number of H-pyrrole nitrogens is 2. The summed E-state index contributed by atoms with van der Waals surface area (Å²) >= 11 is 0. The van der Waals surface area contributed by atoms with Gasteiger partial charge in [-0.3, -0.25) is 4.90 Å². The monoisotopic (exact) mass is 457 g/mol. The summed E-state index contributed by atoms with van der Waals surface area (Å²) in [4.78, 5) is 14.7. The second kappa shape index (κ2) is 9.65. The maximum absolute atomic E-state index is 5.73. The van der Waals surface area contributed by atoms with Crippen LogP contribution in [0.15, 0.2) is 52.9 Å². The molecule has 4 heterocycles. The van der Waals surface area contributed by atoms with Crippen LogP contribution in [0.5, 0.6) is 0 Å². The molecule has 0 radical (unpaired) electrons. The number of aromatic nitrogens is 2. The van der Waals surface area contributed by atoms with Crippen molar-refractivity contribution in [3.63, 3.8) is 0 Å². The van der Waals surface area contributed by atoms with Crippen LogP contribution < -0.4 is 5.32 Å². The Morgan fingerprint density at radius 2 is 1.97 bits per heavy atom. The van der Waals surface area contributed by atoms with Crippen molar-refractivity contribution in [3.8, 4) is 0 Å². The Balaban J connectivity index is 1.49. The van der Waals surface area contributed by atoms with E-state index in [0.717, 1.165) is 65.9 Å². The van der Waals surface area contributed by atoms with Crippen LogP contribution in [0.3, 0.4) is 0 Å². The fraction of sp³-hybridized carbons (Fsp3) is 0.393. The normalized spacial score (nSPS) is 18.6. The van der Waals surface area contributed by atoms with Crippen molar-refractivity contribution in [3.05, 3.63) is 76.1 Å². The van der Waals surface area contributed by atoms with Crippen LogP contribution in [0.2, 0.25) is 0 Å². The molecule has 2 aliphatic rings. The first-order chi connectivity index (χ1) is 16.6. The summed E-state index contributed by atoms with van der Waals surface area (Å²) in [6.45, 7) is 10.6. The Labute approximate surface area is 201 Å². The molecule has 0 bridgehead atoms. The topological polar surface area (TPSA) is 68.4 Å². The van der Waals surface area contributed by atoms with Gasteiger partial charge >= 0.3 is 0 Å². The number of rotatable bonds is 7. The molecule has 3 N–H and O–H groups in total. The second-order valence-electron chi connectivity index (χ2n) is 9.42. The van der Waals surface area contributed by atoms with Gasteiger partial charge < -0.3 is 20.0 Å². The van der Waals surface area contributed by atoms with Crippen molar-refractivity contribution < 1.29 is 4.74 Å². The van der Waals surface area contributed by atoms with Crippen molar-refractivity contribution in [2.45, 2.75) is 46.2 Å². The van der Waals surface area contributed by atoms with E-state index in [1.54, 1.807) is 7.11 Å². The first-order valence-corrected chi connectivity index (χ1v) is 12.3. The number of benzene rings is 1. The number of ether oxygens (including phenoxy) is 1. The highest BCUT2D eigenvalue weighted by Crippen LogP contribution is 2.31. The van der Waals surface area contributed by atoms with Gasteiger partial charge in [0, 0.05) is 46.5 Å². The Morgan fingerprint density at radius 3 is 2.68 bits per heavy atom. The number of piperidine rings is 1. The number of para-hydroxylation sites is 1. The van der Waals surface area contributed by atoms with Crippen LogP contribution in [0.4, 0.5) is 0 Å². The molecule has 1 aromatic carbocycles. The van der Waals surface area contributed by atoms with E-state index in [9.17, 15) is 0 Å². The van der Waals surface area contributed by atoms with Gasteiger partial charge in [-0.25, -0.2) is 4.99 Å². The van der Waals surface area contributed by atoms with E-state index in [-0.39, 0.29) is 0 Å². The number of nitrogens with zero attached hydrogens (tertiary/aromatic N) is 2. The Kier molecular flexibility index (Phi) is 6.44. The van der Waals surface area contributed by atoms with Crippen LogP contribution in [-0.2, 0) is 11.3 Å². The minimum absolute atomic E-state index is 0.642. The molecule has 0 saturated carbocycles. The van der Waals surface area contributed by atoms with Crippen LogP contribution in [0.25, 0.3) is 17.0 Å². The lowest BCUT2D eigenvalue weighted by Crippen LogP contribution is -2.42. The number of hydrogen-bond acceptors (Lipinski definition) is 4. The van der Waals surface area contributed by atoms with Gasteiger partial charge in [-0.2, -0.15) is 0 Å². The molecule has 0 aliphatic carbocycles. The zero-order valence-electron chi connectivity index (χ0n) is 20.7. The summed E-state index contributed by atoms with van der Waals surface area (Å²) in [7, 11) is 1.71. The minimum Gasteiger partial charge on any atom is -0.494 e. The molecule has 0 unspecified atom stereocenters.